The molecule has 3 aromatic rings. The molecule has 0 spiro atoms. The summed E-state index contributed by atoms with van der Waals surface area (Å²) in [5, 5.41) is 4.53. The van der Waals surface area contributed by atoms with E-state index in [1.807, 2.05) is 51.5 Å². The van der Waals surface area contributed by atoms with E-state index in [-0.39, 0.29) is 11.9 Å². The molecule has 124 valence electrons. The van der Waals surface area contributed by atoms with Gasteiger partial charge >= 0.3 is 0 Å². The van der Waals surface area contributed by atoms with Gasteiger partial charge in [0.2, 0.25) is 0 Å². The monoisotopic (exact) mass is 323 g/mol. The van der Waals surface area contributed by atoms with E-state index in [2.05, 4.69) is 23.1 Å². The number of fused-ring (bicyclic) bond motifs is 1. The summed E-state index contributed by atoms with van der Waals surface area (Å²) in [7, 11) is 0. The first-order valence-corrected chi connectivity index (χ1v) is 8.37. The Bertz CT molecular complexity index is 861. The number of likely N-dealkylation sites (tertiary alicyclic amines) is 1. The van der Waals surface area contributed by atoms with Crippen LogP contribution in [0.5, 0.6) is 0 Å². The van der Waals surface area contributed by atoms with Gasteiger partial charge in [0.15, 0.2) is 0 Å². The van der Waals surface area contributed by atoms with E-state index >= 15 is 0 Å². The third-order valence-corrected chi connectivity index (χ3v) is 4.71. The molecule has 0 radical (unpaired) electrons. The SMILES string of the molecule is Cc1cc(C)n(CC2CCCN2C(=O)c2cn3ccccc3n2)n1. The second-order valence-electron chi connectivity index (χ2n) is 6.50. The van der Waals surface area contributed by atoms with Crippen molar-refractivity contribution in [2.75, 3.05) is 6.54 Å². The molecule has 0 bridgehead atoms. The highest BCUT2D eigenvalue weighted by Gasteiger charge is 2.31. The van der Waals surface area contributed by atoms with Crippen LogP contribution in [0.15, 0.2) is 36.7 Å². The normalized spacial score (nSPS) is 17.8. The van der Waals surface area contributed by atoms with Gasteiger partial charge in [0.05, 0.1) is 18.3 Å². The van der Waals surface area contributed by atoms with E-state index < -0.39 is 0 Å². The summed E-state index contributed by atoms with van der Waals surface area (Å²) in [6.45, 7) is 5.59. The van der Waals surface area contributed by atoms with Gasteiger partial charge in [-0.3, -0.25) is 9.48 Å². The van der Waals surface area contributed by atoms with Crippen LogP contribution in [0.2, 0.25) is 0 Å². The Morgan fingerprint density at radius 3 is 2.96 bits per heavy atom. The third-order valence-electron chi connectivity index (χ3n) is 4.71. The maximum absolute atomic E-state index is 12.9. The highest BCUT2D eigenvalue weighted by Crippen LogP contribution is 2.22. The van der Waals surface area contributed by atoms with Gasteiger partial charge in [0.25, 0.3) is 5.91 Å². The number of amides is 1. The molecule has 6 nitrogen and oxygen atoms in total. The largest absolute Gasteiger partial charge is 0.332 e. The highest BCUT2D eigenvalue weighted by molar-refractivity contribution is 5.93. The molecule has 0 N–H and O–H groups in total. The van der Waals surface area contributed by atoms with Gasteiger partial charge in [-0.1, -0.05) is 6.07 Å². The van der Waals surface area contributed by atoms with Crippen molar-refractivity contribution in [3.8, 4) is 0 Å². The maximum atomic E-state index is 12.9. The second kappa shape index (κ2) is 5.78. The van der Waals surface area contributed by atoms with Crippen molar-refractivity contribution in [2.45, 2.75) is 39.3 Å². The van der Waals surface area contributed by atoms with E-state index in [4.69, 9.17) is 0 Å². The van der Waals surface area contributed by atoms with Crippen LogP contribution in [0.1, 0.15) is 34.7 Å². The van der Waals surface area contributed by atoms with Gasteiger partial charge < -0.3 is 9.30 Å². The Kier molecular flexibility index (Phi) is 3.59. The molecule has 6 heteroatoms. The lowest BCUT2D eigenvalue weighted by Gasteiger charge is -2.24. The van der Waals surface area contributed by atoms with Crippen LogP contribution in [-0.2, 0) is 6.54 Å². The Morgan fingerprint density at radius 1 is 1.33 bits per heavy atom. The fraction of sp³-hybridized carbons (Fsp3) is 0.389. The van der Waals surface area contributed by atoms with Crippen molar-refractivity contribution in [2.24, 2.45) is 0 Å². The minimum Gasteiger partial charge on any atom is -0.332 e. The molecule has 1 aliphatic heterocycles. The van der Waals surface area contributed by atoms with Gasteiger partial charge in [0, 0.05) is 24.6 Å². The van der Waals surface area contributed by atoms with Crippen molar-refractivity contribution in [3.63, 3.8) is 0 Å². The van der Waals surface area contributed by atoms with Gasteiger partial charge in [-0.05, 0) is 44.9 Å². The average molecular weight is 323 g/mol. The maximum Gasteiger partial charge on any atom is 0.274 e. The molecule has 1 amide bonds. The fourth-order valence-corrected chi connectivity index (χ4v) is 3.54. The topological polar surface area (TPSA) is 55.4 Å². The van der Waals surface area contributed by atoms with Crippen molar-refractivity contribution in [1.82, 2.24) is 24.1 Å². The first kappa shape index (κ1) is 14.9. The molecule has 24 heavy (non-hydrogen) atoms. The molecular formula is C18H21N5O. The van der Waals surface area contributed by atoms with Crippen molar-refractivity contribution in [1.29, 1.82) is 0 Å². The number of hydrogen-bond donors (Lipinski definition) is 0. The van der Waals surface area contributed by atoms with E-state index in [1.54, 1.807) is 0 Å². The first-order valence-electron chi connectivity index (χ1n) is 8.37. The predicted molar refractivity (Wildman–Crippen MR) is 91.0 cm³/mol. The van der Waals surface area contributed by atoms with Gasteiger partial charge in [0.1, 0.15) is 11.3 Å². The van der Waals surface area contributed by atoms with Crippen LogP contribution in [0.4, 0.5) is 0 Å². The van der Waals surface area contributed by atoms with Gasteiger partial charge in [-0.2, -0.15) is 5.10 Å². The minimum absolute atomic E-state index is 0.0164. The number of aryl methyl sites for hydroxylation is 2. The van der Waals surface area contributed by atoms with E-state index in [9.17, 15) is 4.79 Å². The van der Waals surface area contributed by atoms with Gasteiger partial charge in [-0.15, -0.1) is 0 Å². The molecule has 3 aromatic heterocycles. The Balaban J connectivity index is 1.57. The van der Waals surface area contributed by atoms with E-state index in [0.29, 0.717) is 5.69 Å². The first-order chi connectivity index (χ1) is 11.6. The lowest BCUT2D eigenvalue weighted by atomic mass is 10.2. The Hall–Kier alpha value is -2.63. The van der Waals surface area contributed by atoms with E-state index in [1.165, 1.54) is 0 Å². The number of hydrogen-bond acceptors (Lipinski definition) is 3. The standard InChI is InChI=1S/C18H21N5O/c1-13-10-14(2)23(20-13)11-15-6-5-9-22(15)18(24)16-12-21-8-4-3-7-17(21)19-16/h3-4,7-8,10,12,15H,5-6,9,11H2,1-2H3. The number of carbonyl (C=O) groups is 1. The molecule has 1 atom stereocenters. The summed E-state index contributed by atoms with van der Waals surface area (Å²) in [6.07, 6.45) is 5.77. The van der Waals surface area contributed by atoms with E-state index in [0.717, 1.165) is 43.0 Å². The lowest BCUT2D eigenvalue weighted by molar-refractivity contribution is 0.0716. The zero-order valence-electron chi connectivity index (χ0n) is 14.0. The molecule has 0 saturated carbocycles. The van der Waals surface area contributed by atoms with Crippen LogP contribution in [0, 0.1) is 13.8 Å². The lowest BCUT2D eigenvalue weighted by Crippen LogP contribution is -2.38. The summed E-state index contributed by atoms with van der Waals surface area (Å²) in [4.78, 5) is 19.4. The fourth-order valence-electron chi connectivity index (χ4n) is 3.54. The minimum atomic E-state index is 0.0164. The molecule has 4 rings (SSSR count). The number of aromatic nitrogens is 4. The number of pyridine rings is 1. The zero-order valence-corrected chi connectivity index (χ0v) is 14.0. The summed E-state index contributed by atoms with van der Waals surface area (Å²) >= 11 is 0. The molecule has 1 unspecified atom stereocenters. The van der Waals surface area contributed by atoms with Crippen molar-refractivity contribution >= 4 is 11.6 Å². The van der Waals surface area contributed by atoms with Crippen LogP contribution in [0.3, 0.4) is 0 Å². The Morgan fingerprint density at radius 2 is 2.21 bits per heavy atom. The number of carbonyl (C=O) groups excluding carboxylic acids is 1. The van der Waals surface area contributed by atoms with Crippen LogP contribution < -0.4 is 0 Å². The quantitative estimate of drug-likeness (QED) is 0.744. The summed E-state index contributed by atoms with van der Waals surface area (Å²) in [5.41, 5.74) is 3.47. The van der Waals surface area contributed by atoms with Crippen molar-refractivity contribution < 1.29 is 4.79 Å². The number of nitrogens with zero attached hydrogens (tertiary/aromatic N) is 5. The number of rotatable bonds is 3. The predicted octanol–water partition coefficient (Wildman–Crippen LogP) is 2.45. The van der Waals surface area contributed by atoms with Crippen LogP contribution in [-0.4, -0.2) is 42.6 Å². The number of imidazole rings is 1. The summed E-state index contributed by atoms with van der Waals surface area (Å²) < 4.78 is 3.90. The van der Waals surface area contributed by atoms with Gasteiger partial charge in [-0.25, -0.2) is 4.98 Å². The average Bonchev–Trinajstić information content (AvgIpc) is 3.26. The smallest absolute Gasteiger partial charge is 0.274 e. The molecule has 0 aromatic carbocycles. The summed E-state index contributed by atoms with van der Waals surface area (Å²) in [6, 6.07) is 8.03. The molecule has 1 saturated heterocycles. The Labute approximate surface area is 140 Å². The molecule has 4 heterocycles. The van der Waals surface area contributed by atoms with Crippen LogP contribution >= 0.6 is 0 Å². The third kappa shape index (κ3) is 2.58. The molecule has 1 aliphatic rings. The zero-order chi connectivity index (χ0) is 16.7. The summed E-state index contributed by atoms with van der Waals surface area (Å²) in [5.74, 6) is 0.0164. The molecule has 0 aliphatic carbocycles. The molecule has 1 fully saturated rings. The van der Waals surface area contributed by atoms with Crippen LogP contribution in [0.25, 0.3) is 5.65 Å². The second-order valence-corrected chi connectivity index (χ2v) is 6.50. The molecular weight excluding hydrogens is 302 g/mol. The van der Waals surface area contributed by atoms with Crippen molar-refractivity contribution in [3.05, 3.63) is 53.7 Å². The highest BCUT2D eigenvalue weighted by atomic mass is 16.2.